The minimum Gasteiger partial charge on any atom is -0.477 e. The fourth-order valence-corrected chi connectivity index (χ4v) is 3.30. The van der Waals surface area contributed by atoms with Crippen molar-refractivity contribution in [1.29, 1.82) is 0 Å². The first-order valence-electron chi connectivity index (χ1n) is 5.60. The Morgan fingerprint density at radius 2 is 2.05 bits per heavy atom. The van der Waals surface area contributed by atoms with Crippen LogP contribution in [-0.4, -0.2) is 29.5 Å². The third-order valence-electron chi connectivity index (χ3n) is 2.69. The van der Waals surface area contributed by atoms with E-state index in [9.17, 15) is 13.2 Å². The zero-order valence-corrected chi connectivity index (χ0v) is 11.8. The summed E-state index contributed by atoms with van der Waals surface area (Å²) in [6.07, 6.45) is 1.30. The Balaban J connectivity index is 2.47. The smallest absolute Gasteiger partial charge is 0.352 e. The Labute approximate surface area is 114 Å². The zero-order valence-electron chi connectivity index (χ0n) is 11.0. The van der Waals surface area contributed by atoms with E-state index in [2.05, 4.69) is 14.7 Å². The van der Waals surface area contributed by atoms with Gasteiger partial charge in [0.05, 0.1) is 5.69 Å². The molecule has 0 aromatic carbocycles. The van der Waals surface area contributed by atoms with Crippen LogP contribution < -0.4 is 4.72 Å². The topological polar surface area (TPSA) is 125 Å². The minimum atomic E-state index is -3.97. The highest BCUT2D eigenvalue weighted by molar-refractivity contribution is 7.92. The maximum Gasteiger partial charge on any atom is 0.352 e. The first kappa shape index (κ1) is 14.1. The van der Waals surface area contributed by atoms with Crippen LogP contribution in [0.25, 0.3) is 0 Å². The van der Waals surface area contributed by atoms with E-state index in [1.54, 1.807) is 6.92 Å². The number of carbonyl (C=O) groups is 1. The number of nitrogens with one attached hydrogen (secondary N) is 2. The van der Waals surface area contributed by atoms with E-state index in [0.29, 0.717) is 5.69 Å². The summed E-state index contributed by atoms with van der Waals surface area (Å²) in [4.78, 5) is 17.3. The number of aromatic amines is 1. The first-order chi connectivity index (χ1) is 9.22. The third kappa shape index (κ3) is 2.39. The van der Waals surface area contributed by atoms with E-state index < -0.39 is 16.0 Å². The van der Waals surface area contributed by atoms with Crippen molar-refractivity contribution in [2.45, 2.75) is 25.7 Å². The lowest BCUT2D eigenvalue weighted by Crippen LogP contribution is -2.15. The number of oxazole rings is 1. The average Bonchev–Trinajstić information content (AvgIpc) is 2.82. The molecule has 0 radical (unpaired) electrons. The van der Waals surface area contributed by atoms with Gasteiger partial charge in [-0.05, 0) is 20.8 Å². The van der Waals surface area contributed by atoms with Gasteiger partial charge in [-0.15, -0.1) is 0 Å². The maximum atomic E-state index is 12.3. The summed E-state index contributed by atoms with van der Waals surface area (Å²) in [5.74, 6) is -1.22. The number of aryl methyl sites for hydroxylation is 2. The summed E-state index contributed by atoms with van der Waals surface area (Å²) < 4.78 is 31.6. The molecule has 20 heavy (non-hydrogen) atoms. The Kier molecular flexibility index (Phi) is 3.30. The van der Waals surface area contributed by atoms with Gasteiger partial charge in [0.1, 0.15) is 16.9 Å². The molecule has 2 rings (SSSR count). The van der Waals surface area contributed by atoms with Gasteiger partial charge in [-0.3, -0.25) is 0 Å². The molecule has 0 aliphatic rings. The molecule has 0 bridgehead atoms. The molecule has 0 fully saturated rings. The minimum absolute atomic E-state index is 0.120. The molecule has 0 saturated heterocycles. The Hall–Kier alpha value is -2.29. The number of anilines is 1. The van der Waals surface area contributed by atoms with Crippen LogP contribution in [0.2, 0.25) is 0 Å². The van der Waals surface area contributed by atoms with Crippen LogP contribution in [0, 0.1) is 20.8 Å². The van der Waals surface area contributed by atoms with Gasteiger partial charge in [-0.2, -0.15) is 4.98 Å². The second-order valence-corrected chi connectivity index (χ2v) is 5.90. The van der Waals surface area contributed by atoms with Gasteiger partial charge in [0.2, 0.25) is 0 Å². The lowest BCUT2D eigenvalue weighted by molar-refractivity contribution is 0.0690. The molecule has 0 spiro atoms. The monoisotopic (exact) mass is 299 g/mol. The second-order valence-electron chi connectivity index (χ2n) is 4.28. The van der Waals surface area contributed by atoms with E-state index >= 15 is 0 Å². The maximum absolute atomic E-state index is 12.3. The summed E-state index contributed by atoms with van der Waals surface area (Å²) in [6.45, 7) is 4.55. The molecule has 108 valence electrons. The molecule has 0 atom stereocenters. The number of aromatic nitrogens is 2. The van der Waals surface area contributed by atoms with E-state index in [4.69, 9.17) is 9.52 Å². The van der Waals surface area contributed by atoms with Crippen molar-refractivity contribution in [3.63, 3.8) is 0 Å². The predicted octanol–water partition coefficient (Wildman–Crippen LogP) is 1.43. The second kappa shape index (κ2) is 4.67. The van der Waals surface area contributed by atoms with Gasteiger partial charge < -0.3 is 14.5 Å². The number of H-pyrrole nitrogens is 1. The molecule has 8 nitrogen and oxygen atoms in total. The normalized spacial score (nSPS) is 11.6. The van der Waals surface area contributed by atoms with E-state index in [0.717, 1.165) is 0 Å². The summed E-state index contributed by atoms with van der Waals surface area (Å²) in [7, 11) is -3.97. The number of aromatic carboxylic acids is 1. The lowest BCUT2D eigenvalue weighted by atomic mass is 10.2. The van der Waals surface area contributed by atoms with E-state index in [-0.39, 0.29) is 27.9 Å². The zero-order chi connectivity index (χ0) is 15.1. The third-order valence-corrected chi connectivity index (χ3v) is 4.29. The van der Waals surface area contributed by atoms with Crippen LogP contribution in [0.15, 0.2) is 15.6 Å². The average molecular weight is 299 g/mol. The van der Waals surface area contributed by atoms with Gasteiger partial charge in [-0.25, -0.2) is 17.9 Å². The fourth-order valence-electron chi connectivity index (χ4n) is 1.92. The van der Waals surface area contributed by atoms with Crippen LogP contribution in [0.3, 0.4) is 0 Å². The number of nitrogens with zero attached hydrogens (tertiary/aromatic N) is 1. The molecule has 3 N–H and O–H groups in total. The SMILES string of the molecule is Cc1coc(NS(=O)(=O)c2c(C)[nH]c(C(=O)O)c2C)n1. The molecule has 0 saturated carbocycles. The van der Waals surface area contributed by atoms with Gasteiger partial charge in [0, 0.05) is 11.3 Å². The highest BCUT2D eigenvalue weighted by Gasteiger charge is 2.27. The van der Waals surface area contributed by atoms with Crippen molar-refractivity contribution >= 4 is 22.0 Å². The molecular formula is C11H13N3O5S. The molecule has 0 aliphatic carbocycles. The first-order valence-corrected chi connectivity index (χ1v) is 7.08. The van der Waals surface area contributed by atoms with Crippen molar-refractivity contribution in [1.82, 2.24) is 9.97 Å². The summed E-state index contributed by atoms with van der Waals surface area (Å²) in [5.41, 5.74) is 0.726. The molecule has 0 unspecified atom stereocenters. The summed E-state index contributed by atoms with van der Waals surface area (Å²) >= 11 is 0. The standard InChI is InChI=1S/C11H13N3O5S/c1-5-4-19-11(12-5)14-20(17,18)9-6(2)8(10(15)16)13-7(9)3/h4,13H,1-3H3,(H,12,14)(H,15,16). The van der Waals surface area contributed by atoms with Gasteiger partial charge in [0.25, 0.3) is 10.0 Å². The number of rotatable bonds is 4. The number of hydrogen-bond acceptors (Lipinski definition) is 5. The fraction of sp³-hybridized carbons (Fsp3) is 0.273. The van der Waals surface area contributed by atoms with Crippen LogP contribution in [-0.2, 0) is 10.0 Å². The van der Waals surface area contributed by atoms with Crippen molar-refractivity contribution in [2.75, 3.05) is 4.72 Å². The Morgan fingerprint density at radius 1 is 1.40 bits per heavy atom. The highest BCUT2D eigenvalue weighted by Crippen LogP contribution is 2.25. The molecule has 0 amide bonds. The van der Waals surface area contributed by atoms with Gasteiger partial charge in [-0.1, -0.05) is 0 Å². The van der Waals surface area contributed by atoms with E-state index in [1.165, 1.54) is 20.1 Å². The van der Waals surface area contributed by atoms with Crippen LogP contribution in [0.5, 0.6) is 0 Å². The van der Waals surface area contributed by atoms with Crippen molar-refractivity contribution in [2.24, 2.45) is 0 Å². The van der Waals surface area contributed by atoms with Gasteiger partial charge in [0.15, 0.2) is 0 Å². The van der Waals surface area contributed by atoms with Crippen LogP contribution in [0.1, 0.15) is 27.4 Å². The van der Waals surface area contributed by atoms with Crippen LogP contribution in [0.4, 0.5) is 6.01 Å². The molecule has 2 heterocycles. The Bertz CT molecular complexity index is 772. The quantitative estimate of drug-likeness (QED) is 0.784. The molecule has 2 aromatic heterocycles. The van der Waals surface area contributed by atoms with Gasteiger partial charge >= 0.3 is 12.0 Å². The Morgan fingerprint density at radius 3 is 2.50 bits per heavy atom. The summed E-state index contributed by atoms with van der Waals surface area (Å²) in [5, 5.41) is 8.98. The highest BCUT2D eigenvalue weighted by atomic mass is 32.2. The van der Waals surface area contributed by atoms with Crippen molar-refractivity contribution in [3.8, 4) is 0 Å². The number of carboxylic acid groups (broad SMARTS) is 1. The summed E-state index contributed by atoms with van der Waals surface area (Å²) in [6, 6.07) is -0.167. The largest absolute Gasteiger partial charge is 0.477 e. The van der Waals surface area contributed by atoms with Crippen molar-refractivity contribution in [3.05, 3.63) is 28.9 Å². The molecule has 2 aromatic rings. The molecular weight excluding hydrogens is 286 g/mol. The number of sulfonamides is 1. The predicted molar refractivity (Wildman–Crippen MR) is 69.3 cm³/mol. The number of carboxylic acids is 1. The number of hydrogen-bond donors (Lipinski definition) is 3. The molecule has 9 heteroatoms. The molecule has 0 aliphatic heterocycles. The van der Waals surface area contributed by atoms with E-state index in [1.807, 2.05) is 0 Å². The van der Waals surface area contributed by atoms with Crippen molar-refractivity contribution < 1.29 is 22.7 Å². The lowest BCUT2D eigenvalue weighted by Gasteiger charge is -2.05. The van der Waals surface area contributed by atoms with Crippen LogP contribution >= 0.6 is 0 Å².